The molecule has 2 atom stereocenters. The molecule has 3 aromatic rings. The van der Waals surface area contributed by atoms with Crippen LogP contribution < -0.4 is 5.32 Å². The molecule has 0 saturated heterocycles. The highest BCUT2D eigenvalue weighted by Crippen LogP contribution is 2.29. The number of rotatable bonds is 5. The number of hydrogen-bond donors (Lipinski definition) is 1. The quantitative estimate of drug-likeness (QED) is 0.680. The fourth-order valence-corrected chi connectivity index (χ4v) is 4.23. The maximum Gasteiger partial charge on any atom is 0.242 e. The molecule has 2 amide bonds. The van der Waals surface area contributed by atoms with Gasteiger partial charge in [0.1, 0.15) is 6.04 Å². The second-order valence-electron chi connectivity index (χ2n) is 7.53. The van der Waals surface area contributed by atoms with Crippen molar-refractivity contribution in [3.63, 3.8) is 0 Å². The van der Waals surface area contributed by atoms with Gasteiger partial charge >= 0.3 is 0 Å². The van der Waals surface area contributed by atoms with Crippen molar-refractivity contribution in [1.82, 2.24) is 14.8 Å². The smallest absolute Gasteiger partial charge is 0.242 e. The van der Waals surface area contributed by atoms with Crippen molar-refractivity contribution in [3.05, 3.63) is 94.8 Å². The molecule has 0 fully saturated rings. The highest BCUT2D eigenvalue weighted by molar-refractivity contribution is 6.30. The summed E-state index contributed by atoms with van der Waals surface area (Å²) in [4.78, 5) is 27.8. The number of fused-ring (bicyclic) bond motifs is 1. The third-order valence-electron chi connectivity index (χ3n) is 5.73. The maximum atomic E-state index is 13.5. The van der Waals surface area contributed by atoms with Gasteiger partial charge in [-0.15, -0.1) is 0 Å². The van der Waals surface area contributed by atoms with Crippen LogP contribution in [0.1, 0.15) is 29.2 Å². The Labute approximate surface area is 181 Å². The van der Waals surface area contributed by atoms with E-state index in [1.807, 2.05) is 77.6 Å². The molecule has 154 valence electrons. The zero-order chi connectivity index (χ0) is 21.1. The number of carbonyl (C=O) groups is 2. The van der Waals surface area contributed by atoms with Crippen LogP contribution >= 0.6 is 11.6 Å². The molecule has 0 bridgehead atoms. The number of aromatic nitrogens is 1. The third-order valence-corrected chi connectivity index (χ3v) is 5.98. The van der Waals surface area contributed by atoms with Crippen molar-refractivity contribution in [3.8, 4) is 0 Å². The first kappa shape index (κ1) is 20.2. The molecule has 1 aliphatic rings. The number of nitrogens with one attached hydrogen (secondary N) is 1. The summed E-state index contributed by atoms with van der Waals surface area (Å²) >= 11 is 6.06. The van der Waals surface area contributed by atoms with Crippen LogP contribution in [0.25, 0.3) is 0 Å². The van der Waals surface area contributed by atoms with Gasteiger partial charge in [-0.2, -0.15) is 0 Å². The Hall–Kier alpha value is -3.05. The molecule has 4 rings (SSSR count). The van der Waals surface area contributed by atoms with E-state index >= 15 is 0 Å². The van der Waals surface area contributed by atoms with E-state index in [4.69, 9.17) is 11.6 Å². The van der Waals surface area contributed by atoms with Gasteiger partial charge in [-0.1, -0.05) is 48.0 Å². The Balaban J connectivity index is 1.63. The van der Waals surface area contributed by atoms with Gasteiger partial charge in [-0.25, -0.2) is 0 Å². The van der Waals surface area contributed by atoms with E-state index in [0.29, 0.717) is 18.0 Å². The molecule has 0 spiro atoms. The summed E-state index contributed by atoms with van der Waals surface area (Å²) in [5.41, 5.74) is 3.21. The van der Waals surface area contributed by atoms with E-state index in [1.165, 1.54) is 0 Å². The predicted molar refractivity (Wildman–Crippen MR) is 117 cm³/mol. The Morgan fingerprint density at radius 1 is 1.03 bits per heavy atom. The number of carbonyl (C=O) groups excluding carboxylic acids is 2. The van der Waals surface area contributed by atoms with Gasteiger partial charge in [0.2, 0.25) is 11.8 Å². The van der Waals surface area contributed by atoms with E-state index in [2.05, 4.69) is 5.32 Å². The minimum absolute atomic E-state index is 0.0493. The number of halogens is 1. The van der Waals surface area contributed by atoms with E-state index in [0.717, 1.165) is 16.7 Å². The Morgan fingerprint density at radius 3 is 2.37 bits per heavy atom. The molecule has 5 nitrogen and oxygen atoms in total. The molecular formula is C24H24ClN3O2. The largest absolute Gasteiger partial charge is 0.357 e. The first-order valence-corrected chi connectivity index (χ1v) is 10.4. The van der Waals surface area contributed by atoms with E-state index in [9.17, 15) is 9.59 Å². The van der Waals surface area contributed by atoms with Crippen molar-refractivity contribution in [2.24, 2.45) is 0 Å². The van der Waals surface area contributed by atoms with Gasteiger partial charge in [0.25, 0.3) is 0 Å². The zero-order valence-corrected chi connectivity index (χ0v) is 17.5. The van der Waals surface area contributed by atoms with Gasteiger partial charge in [0, 0.05) is 37.4 Å². The van der Waals surface area contributed by atoms with Gasteiger partial charge < -0.3 is 14.8 Å². The van der Waals surface area contributed by atoms with Crippen LogP contribution in [0.5, 0.6) is 0 Å². The van der Waals surface area contributed by atoms with E-state index < -0.39 is 6.04 Å². The minimum Gasteiger partial charge on any atom is -0.357 e. The lowest BCUT2D eigenvalue weighted by atomic mass is 9.92. The lowest BCUT2D eigenvalue weighted by molar-refractivity contribution is -0.142. The molecule has 1 aliphatic heterocycles. The molecule has 6 heteroatoms. The van der Waals surface area contributed by atoms with Gasteiger partial charge in [-0.05, 0) is 41.0 Å². The van der Waals surface area contributed by atoms with Crippen molar-refractivity contribution >= 4 is 23.4 Å². The standard InChI is InChI=1S/C24H24ClN3O2/c1-26-24(30)22-14-18-6-2-3-7-19(18)16-28(22)23(29)15-21(27-12-4-5-13-27)17-8-10-20(25)11-9-17/h2-13,21-22H,14-16H2,1H3,(H,26,30)/t21-,22+/m1/s1. The van der Waals surface area contributed by atoms with Crippen LogP contribution in [0.15, 0.2) is 73.1 Å². The van der Waals surface area contributed by atoms with Crippen molar-refractivity contribution in [2.45, 2.75) is 31.5 Å². The number of nitrogens with zero attached hydrogens (tertiary/aromatic N) is 2. The Morgan fingerprint density at radius 2 is 1.70 bits per heavy atom. The number of amides is 2. The SMILES string of the molecule is CNC(=O)[C@@H]1Cc2ccccc2CN1C(=O)C[C@H](c1ccc(Cl)cc1)n1cccc1. The topological polar surface area (TPSA) is 54.3 Å². The van der Waals surface area contributed by atoms with Crippen LogP contribution in [0.2, 0.25) is 5.02 Å². The lowest BCUT2D eigenvalue weighted by Gasteiger charge is -2.36. The zero-order valence-electron chi connectivity index (χ0n) is 16.8. The minimum atomic E-state index is -0.507. The lowest BCUT2D eigenvalue weighted by Crippen LogP contribution is -2.52. The fraction of sp³-hybridized carbons (Fsp3) is 0.250. The van der Waals surface area contributed by atoms with Crippen LogP contribution in [-0.2, 0) is 22.6 Å². The van der Waals surface area contributed by atoms with Crippen molar-refractivity contribution in [1.29, 1.82) is 0 Å². The third kappa shape index (κ3) is 4.12. The molecule has 0 unspecified atom stereocenters. The van der Waals surface area contributed by atoms with Gasteiger partial charge in [-0.3, -0.25) is 9.59 Å². The summed E-state index contributed by atoms with van der Waals surface area (Å²) in [7, 11) is 1.61. The molecule has 0 radical (unpaired) electrons. The van der Waals surface area contributed by atoms with Crippen LogP contribution in [0.4, 0.5) is 0 Å². The van der Waals surface area contributed by atoms with Crippen LogP contribution in [-0.4, -0.2) is 34.4 Å². The molecule has 0 aliphatic carbocycles. The monoisotopic (exact) mass is 421 g/mol. The summed E-state index contributed by atoms with van der Waals surface area (Å²) in [5, 5.41) is 3.37. The molecule has 1 aromatic heterocycles. The molecular weight excluding hydrogens is 398 g/mol. The van der Waals surface area contributed by atoms with Crippen LogP contribution in [0, 0.1) is 0 Å². The normalized spacial score (nSPS) is 16.6. The summed E-state index contributed by atoms with van der Waals surface area (Å²) in [6, 6.07) is 18.8. The molecule has 2 heterocycles. The summed E-state index contributed by atoms with van der Waals surface area (Å²) in [6.07, 6.45) is 4.69. The van der Waals surface area contributed by atoms with Crippen LogP contribution in [0.3, 0.4) is 0 Å². The Kier molecular flexibility index (Phi) is 5.91. The summed E-state index contributed by atoms with van der Waals surface area (Å²) < 4.78 is 2.02. The highest BCUT2D eigenvalue weighted by Gasteiger charge is 2.35. The van der Waals surface area contributed by atoms with Gasteiger partial charge in [0.05, 0.1) is 12.5 Å². The first-order valence-electron chi connectivity index (χ1n) is 10.0. The first-order chi connectivity index (χ1) is 14.6. The second-order valence-corrected chi connectivity index (χ2v) is 7.96. The summed E-state index contributed by atoms with van der Waals surface area (Å²) in [5.74, 6) is -0.186. The average Bonchev–Trinajstić information content (AvgIpc) is 3.31. The van der Waals surface area contributed by atoms with E-state index in [1.54, 1.807) is 11.9 Å². The maximum absolute atomic E-state index is 13.5. The Bertz CT molecular complexity index is 1030. The number of hydrogen-bond acceptors (Lipinski definition) is 2. The van der Waals surface area contributed by atoms with E-state index in [-0.39, 0.29) is 24.3 Å². The average molecular weight is 422 g/mol. The number of likely N-dealkylation sites (N-methyl/N-ethyl adjacent to an activating group) is 1. The second kappa shape index (κ2) is 8.76. The number of benzene rings is 2. The molecule has 0 saturated carbocycles. The highest BCUT2D eigenvalue weighted by atomic mass is 35.5. The van der Waals surface area contributed by atoms with Gasteiger partial charge in [0.15, 0.2) is 0 Å². The summed E-state index contributed by atoms with van der Waals surface area (Å²) in [6.45, 7) is 0.437. The molecule has 2 aromatic carbocycles. The molecule has 30 heavy (non-hydrogen) atoms. The van der Waals surface area contributed by atoms with Crippen molar-refractivity contribution < 1.29 is 9.59 Å². The van der Waals surface area contributed by atoms with Crippen molar-refractivity contribution in [2.75, 3.05) is 7.05 Å². The predicted octanol–water partition coefficient (Wildman–Crippen LogP) is 3.82. The fourth-order valence-electron chi connectivity index (χ4n) is 4.10. The molecule has 1 N–H and O–H groups in total.